The van der Waals surface area contributed by atoms with E-state index < -0.39 is 6.16 Å². The number of benzene rings is 2. The number of ketones is 1. The molecule has 1 aliphatic carbocycles. The normalized spacial score (nSPS) is 11.4. The van der Waals surface area contributed by atoms with Crippen molar-refractivity contribution in [3.05, 3.63) is 53.1 Å². The maximum absolute atomic E-state index is 12.3. The summed E-state index contributed by atoms with van der Waals surface area (Å²) in [6, 6.07) is 11.4. The van der Waals surface area contributed by atoms with Gasteiger partial charge in [-0.25, -0.2) is 4.79 Å². The smallest absolute Gasteiger partial charge is 0.449 e. The number of carboxylic acid groups (broad SMARTS) is 1. The lowest BCUT2D eigenvalue weighted by molar-refractivity contribution is 0.104. The van der Waals surface area contributed by atoms with Crippen molar-refractivity contribution >= 4 is 11.9 Å². The summed E-state index contributed by atoms with van der Waals surface area (Å²) in [6.07, 6.45) is -1.43. The largest absolute Gasteiger partial charge is 0.511 e. The van der Waals surface area contributed by atoms with Crippen molar-refractivity contribution in [2.45, 2.75) is 0 Å². The second kappa shape index (κ2) is 4.21. The molecule has 0 bridgehead atoms. The van der Waals surface area contributed by atoms with Crippen molar-refractivity contribution in [2.75, 3.05) is 0 Å². The van der Waals surface area contributed by atoms with Gasteiger partial charge < -0.3 is 9.84 Å². The maximum Gasteiger partial charge on any atom is 0.511 e. The Hall–Kier alpha value is -3.13. The van der Waals surface area contributed by atoms with E-state index >= 15 is 0 Å². The van der Waals surface area contributed by atoms with Crippen LogP contribution >= 0.6 is 0 Å². The minimum atomic E-state index is -1.43. The maximum atomic E-state index is 12.3. The second-order valence-corrected chi connectivity index (χ2v) is 4.28. The molecule has 0 aliphatic heterocycles. The van der Waals surface area contributed by atoms with Gasteiger partial charge in [0.15, 0.2) is 5.78 Å². The molecule has 5 nitrogen and oxygen atoms in total. The van der Waals surface area contributed by atoms with Gasteiger partial charge in [-0.15, -0.1) is 0 Å². The van der Waals surface area contributed by atoms with Crippen molar-refractivity contribution in [2.24, 2.45) is 0 Å². The van der Waals surface area contributed by atoms with E-state index in [1.807, 2.05) is 6.07 Å². The lowest BCUT2D eigenvalue weighted by Gasteiger charge is -2.02. The number of nitrogens with zero attached hydrogens (tertiary/aromatic N) is 1. The summed E-state index contributed by atoms with van der Waals surface area (Å²) in [5, 5.41) is 17.4. The molecule has 0 heterocycles. The quantitative estimate of drug-likeness (QED) is 0.540. The highest BCUT2D eigenvalue weighted by atomic mass is 16.7. The number of carbonyl (C=O) groups excluding carboxylic acids is 1. The fourth-order valence-corrected chi connectivity index (χ4v) is 2.29. The van der Waals surface area contributed by atoms with E-state index in [4.69, 9.17) is 10.4 Å². The first-order chi connectivity index (χ1) is 9.60. The number of hydrogen-bond donors (Lipinski definition) is 1. The average Bonchev–Trinajstić information content (AvgIpc) is 2.71. The van der Waals surface area contributed by atoms with Crippen molar-refractivity contribution in [3.8, 4) is 22.9 Å². The number of fused-ring (bicyclic) bond motifs is 3. The van der Waals surface area contributed by atoms with Gasteiger partial charge in [-0.3, -0.25) is 4.79 Å². The van der Waals surface area contributed by atoms with Gasteiger partial charge in [0.25, 0.3) is 0 Å². The van der Waals surface area contributed by atoms with E-state index in [1.54, 1.807) is 18.2 Å². The second-order valence-electron chi connectivity index (χ2n) is 4.28. The highest BCUT2D eigenvalue weighted by molar-refractivity contribution is 6.22. The summed E-state index contributed by atoms with van der Waals surface area (Å²) in [5.74, 6) is -0.138. The van der Waals surface area contributed by atoms with E-state index in [0.717, 1.165) is 5.56 Å². The van der Waals surface area contributed by atoms with Crippen LogP contribution in [0.5, 0.6) is 5.75 Å². The molecule has 0 aromatic heterocycles. The summed E-state index contributed by atoms with van der Waals surface area (Å²) in [4.78, 5) is 22.8. The Labute approximate surface area is 113 Å². The van der Waals surface area contributed by atoms with Crippen molar-refractivity contribution in [1.82, 2.24) is 0 Å². The Morgan fingerprint density at radius 3 is 2.35 bits per heavy atom. The Morgan fingerprint density at radius 2 is 1.70 bits per heavy atom. The Kier molecular flexibility index (Phi) is 2.51. The van der Waals surface area contributed by atoms with Crippen LogP contribution in [0.1, 0.15) is 21.5 Å². The highest BCUT2D eigenvalue weighted by Crippen LogP contribution is 2.38. The molecule has 0 atom stereocenters. The minimum absolute atomic E-state index is 0.0953. The zero-order valence-corrected chi connectivity index (χ0v) is 10.1. The van der Waals surface area contributed by atoms with E-state index in [2.05, 4.69) is 4.74 Å². The molecule has 2 aromatic rings. The van der Waals surface area contributed by atoms with Crippen LogP contribution in [0.15, 0.2) is 36.4 Å². The van der Waals surface area contributed by atoms with Crippen LogP contribution in [0.3, 0.4) is 0 Å². The predicted octanol–water partition coefficient (Wildman–Crippen LogP) is 2.83. The molecule has 0 saturated carbocycles. The van der Waals surface area contributed by atoms with E-state index in [1.165, 1.54) is 18.2 Å². The van der Waals surface area contributed by atoms with Gasteiger partial charge in [0.1, 0.15) is 5.75 Å². The summed E-state index contributed by atoms with van der Waals surface area (Å²) >= 11 is 0. The monoisotopic (exact) mass is 265 g/mol. The number of rotatable bonds is 1. The van der Waals surface area contributed by atoms with Gasteiger partial charge in [0.2, 0.25) is 0 Å². The highest BCUT2D eigenvalue weighted by Gasteiger charge is 2.27. The average molecular weight is 265 g/mol. The Morgan fingerprint density at radius 1 is 1.05 bits per heavy atom. The van der Waals surface area contributed by atoms with Crippen molar-refractivity contribution < 1.29 is 19.4 Å². The fraction of sp³-hybridized carbons (Fsp3) is 0. The molecular formula is C15H7NO4. The van der Waals surface area contributed by atoms with Gasteiger partial charge in [-0.2, -0.15) is 5.26 Å². The molecule has 0 unspecified atom stereocenters. The summed E-state index contributed by atoms with van der Waals surface area (Å²) < 4.78 is 4.54. The van der Waals surface area contributed by atoms with Crippen LogP contribution in [0.25, 0.3) is 11.1 Å². The van der Waals surface area contributed by atoms with Crippen LogP contribution in [0.2, 0.25) is 0 Å². The number of carbonyl (C=O) groups is 2. The minimum Gasteiger partial charge on any atom is -0.449 e. The van der Waals surface area contributed by atoms with Crippen LogP contribution in [-0.4, -0.2) is 17.0 Å². The summed E-state index contributed by atoms with van der Waals surface area (Å²) in [6.45, 7) is 0. The topological polar surface area (TPSA) is 87.4 Å². The fourth-order valence-electron chi connectivity index (χ4n) is 2.29. The van der Waals surface area contributed by atoms with Gasteiger partial charge >= 0.3 is 6.16 Å². The van der Waals surface area contributed by atoms with E-state index in [9.17, 15) is 9.59 Å². The molecular weight excluding hydrogens is 258 g/mol. The molecule has 0 spiro atoms. The first-order valence-electron chi connectivity index (χ1n) is 5.74. The molecule has 0 radical (unpaired) electrons. The molecule has 0 saturated heterocycles. The molecule has 0 amide bonds. The molecule has 3 rings (SSSR count). The lowest BCUT2D eigenvalue weighted by atomic mass is 10.0. The Bertz CT molecular complexity index is 802. The Balaban J connectivity index is 2.13. The zero-order valence-electron chi connectivity index (χ0n) is 10.1. The van der Waals surface area contributed by atoms with Gasteiger partial charge in [-0.05, 0) is 41.5 Å². The van der Waals surface area contributed by atoms with Gasteiger partial charge in [0, 0.05) is 11.1 Å². The number of hydrogen-bond acceptors (Lipinski definition) is 4. The predicted molar refractivity (Wildman–Crippen MR) is 68.7 cm³/mol. The van der Waals surface area contributed by atoms with E-state index in [0.29, 0.717) is 22.3 Å². The third-order valence-electron chi connectivity index (χ3n) is 3.12. The van der Waals surface area contributed by atoms with Crippen molar-refractivity contribution in [3.63, 3.8) is 0 Å². The van der Waals surface area contributed by atoms with Crippen LogP contribution in [-0.2, 0) is 0 Å². The third-order valence-corrected chi connectivity index (χ3v) is 3.12. The van der Waals surface area contributed by atoms with Gasteiger partial charge in [0.05, 0.1) is 11.6 Å². The standard InChI is InChI=1S/C15H7NO4/c16-7-8-1-3-10-11-4-2-9(20-15(18)19)6-13(11)14(17)12(10)5-8/h1-6H,(H,18,19). The SMILES string of the molecule is N#Cc1ccc2c(c1)C(=O)c1cc(OC(=O)O)ccc1-2. The summed E-state index contributed by atoms with van der Waals surface area (Å²) in [7, 11) is 0. The van der Waals surface area contributed by atoms with Crippen LogP contribution < -0.4 is 4.74 Å². The summed E-state index contributed by atoms with van der Waals surface area (Å²) in [5.41, 5.74) is 2.70. The van der Waals surface area contributed by atoms with Crippen LogP contribution in [0, 0.1) is 11.3 Å². The third kappa shape index (κ3) is 1.71. The first kappa shape index (κ1) is 11.9. The molecule has 5 heteroatoms. The molecule has 0 fully saturated rings. The zero-order chi connectivity index (χ0) is 14.3. The number of ether oxygens (including phenoxy) is 1. The van der Waals surface area contributed by atoms with Crippen molar-refractivity contribution in [1.29, 1.82) is 5.26 Å². The first-order valence-corrected chi connectivity index (χ1v) is 5.74. The molecule has 2 aromatic carbocycles. The van der Waals surface area contributed by atoms with E-state index in [-0.39, 0.29) is 11.5 Å². The molecule has 20 heavy (non-hydrogen) atoms. The molecule has 1 aliphatic rings. The van der Waals surface area contributed by atoms with Gasteiger partial charge in [-0.1, -0.05) is 6.07 Å². The number of nitriles is 1. The lowest BCUT2D eigenvalue weighted by Crippen LogP contribution is -2.04. The molecule has 1 N–H and O–H groups in total. The van der Waals surface area contributed by atoms with Crippen LogP contribution in [0.4, 0.5) is 4.79 Å². The molecule has 96 valence electrons.